The van der Waals surface area contributed by atoms with Crippen molar-refractivity contribution in [1.82, 2.24) is 15.1 Å². The number of amides is 1. The molecular formula is C22H31N3O2. The first kappa shape index (κ1) is 20.9. The Hall–Kier alpha value is -2.43. The lowest BCUT2D eigenvalue weighted by atomic mass is 10.0. The van der Waals surface area contributed by atoms with Crippen LogP contribution in [0.5, 0.6) is 0 Å². The number of hydrogen-bond donors (Lipinski definition) is 1. The van der Waals surface area contributed by atoms with Gasteiger partial charge in [0.25, 0.3) is 0 Å². The lowest BCUT2D eigenvalue weighted by molar-refractivity contribution is -0.121. The average Bonchev–Trinajstić information content (AvgIpc) is 2.96. The minimum absolute atomic E-state index is 0.117. The molecule has 1 aromatic carbocycles. The second-order valence-electron chi connectivity index (χ2n) is 7.03. The summed E-state index contributed by atoms with van der Waals surface area (Å²) >= 11 is 0. The van der Waals surface area contributed by atoms with Crippen molar-refractivity contribution < 1.29 is 9.59 Å². The predicted molar refractivity (Wildman–Crippen MR) is 108 cm³/mol. The topological polar surface area (TPSA) is 64.0 Å². The van der Waals surface area contributed by atoms with E-state index in [1.54, 1.807) is 0 Å². The molecule has 0 atom stereocenters. The Balaban J connectivity index is 1.83. The zero-order chi connectivity index (χ0) is 19.6. The summed E-state index contributed by atoms with van der Waals surface area (Å²) in [4.78, 5) is 24.5. The maximum absolute atomic E-state index is 12.5. The van der Waals surface area contributed by atoms with Crippen LogP contribution < -0.4 is 5.32 Å². The highest BCUT2D eigenvalue weighted by Crippen LogP contribution is 2.17. The number of aryl methyl sites for hydroxylation is 1. The van der Waals surface area contributed by atoms with Gasteiger partial charge in [0, 0.05) is 25.1 Å². The van der Waals surface area contributed by atoms with E-state index in [-0.39, 0.29) is 24.7 Å². The Labute approximate surface area is 162 Å². The largest absolute Gasteiger partial charge is 0.352 e. The van der Waals surface area contributed by atoms with Crippen LogP contribution in [0.1, 0.15) is 72.8 Å². The summed E-state index contributed by atoms with van der Waals surface area (Å²) in [7, 11) is 0. The SMILES string of the molecule is CCCCCCc1c(C)nn(C(=O)CCC(=O)NCc2ccccc2)c1C. The van der Waals surface area contributed by atoms with Crippen molar-refractivity contribution in [1.29, 1.82) is 0 Å². The van der Waals surface area contributed by atoms with E-state index in [1.807, 2.05) is 44.2 Å². The van der Waals surface area contributed by atoms with Crippen molar-refractivity contribution >= 4 is 11.8 Å². The summed E-state index contributed by atoms with van der Waals surface area (Å²) in [6, 6.07) is 9.74. The third-order valence-corrected chi connectivity index (χ3v) is 4.86. The summed E-state index contributed by atoms with van der Waals surface area (Å²) in [5, 5.41) is 7.27. The molecule has 146 valence electrons. The van der Waals surface area contributed by atoms with Crippen LogP contribution in [-0.4, -0.2) is 21.6 Å². The maximum Gasteiger partial charge on any atom is 0.247 e. The van der Waals surface area contributed by atoms with Gasteiger partial charge in [0.05, 0.1) is 5.69 Å². The number of unbranched alkanes of at least 4 members (excludes halogenated alkanes) is 3. The molecule has 0 bridgehead atoms. The highest BCUT2D eigenvalue weighted by molar-refractivity contribution is 5.85. The molecule has 2 aromatic rings. The summed E-state index contributed by atoms with van der Waals surface area (Å²) in [5.41, 5.74) is 4.06. The van der Waals surface area contributed by atoms with E-state index in [9.17, 15) is 9.59 Å². The van der Waals surface area contributed by atoms with Crippen LogP contribution in [0.2, 0.25) is 0 Å². The zero-order valence-corrected chi connectivity index (χ0v) is 16.8. The van der Waals surface area contributed by atoms with Gasteiger partial charge in [-0.15, -0.1) is 0 Å². The quantitative estimate of drug-likeness (QED) is 0.633. The van der Waals surface area contributed by atoms with Gasteiger partial charge in [-0.05, 0) is 37.8 Å². The normalized spacial score (nSPS) is 10.8. The number of benzene rings is 1. The fourth-order valence-electron chi connectivity index (χ4n) is 3.22. The number of rotatable bonds is 10. The molecule has 0 aliphatic rings. The number of carbonyl (C=O) groups is 2. The van der Waals surface area contributed by atoms with Crippen molar-refractivity contribution in [3.63, 3.8) is 0 Å². The molecule has 0 saturated carbocycles. The third-order valence-electron chi connectivity index (χ3n) is 4.86. The lowest BCUT2D eigenvalue weighted by Crippen LogP contribution is -2.24. The molecule has 0 unspecified atom stereocenters. The molecule has 27 heavy (non-hydrogen) atoms. The molecule has 2 rings (SSSR count). The molecule has 5 nitrogen and oxygen atoms in total. The van der Waals surface area contributed by atoms with Gasteiger partial charge in [-0.25, -0.2) is 4.68 Å². The van der Waals surface area contributed by atoms with Crippen molar-refractivity contribution in [2.45, 2.75) is 72.3 Å². The maximum atomic E-state index is 12.5. The summed E-state index contributed by atoms with van der Waals surface area (Å²) in [5.74, 6) is -0.237. The van der Waals surface area contributed by atoms with E-state index in [0.29, 0.717) is 6.54 Å². The van der Waals surface area contributed by atoms with Gasteiger partial charge in [0.15, 0.2) is 0 Å². The van der Waals surface area contributed by atoms with Crippen LogP contribution in [0.25, 0.3) is 0 Å². The molecule has 0 spiro atoms. The van der Waals surface area contributed by atoms with E-state index < -0.39 is 0 Å². The van der Waals surface area contributed by atoms with Crippen LogP contribution in [0.15, 0.2) is 30.3 Å². The lowest BCUT2D eigenvalue weighted by Gasteiger charge is -2.06. The Morgan fingerprint density at radius 2 is 1.78 bits per heavy atom. The van der Waals surface area contributed by atoms with Crippen molar-refractivity contribution in [3.05, 3.63) is 52.8 Å². The molecular weight excluding hydrogens is 338 g/mol. The van der Waals surface area contributed by atoms with Gasteiger partial charge in [-0.3, -0.25) is 9.59 Å². The van der Waals surface area contributed by atoms with Crippen LogP contribution >= 0.6 is 0 Å². The van der Waals surface area contributed by atoms with E-state index >= 15 is 0 Å². The Kier molecular flexibility index (Phi) is 8.24. The smallest absolute Gasteiger partial charge is 0.247 e. The molecule has 5 heteroatoms. The minimum atomic E-state index is -0.120. The second kappa shape index (κ2) is 10.7. The molecule has 1 heterocycles. The Morgan fingerprint density at radius 3 is 2.48 bits per heavy atom. The molecule has 0 saturated heterocycles. The molecule has 0 fully saturated rings. The second-order valence-corrected chi connectivity index (χ2v) is 7.03. The van der Waals surface area contributed by atoms with Crippen LogP contribution in [0, 0.1) is 13.8 Å². The first-order valence-corrected chi connectivity index (χ1v) is 9.91. The van der Waals surface area contributed by atoms with Crippen molar-refractivity contribution in [2.75, 3.05) is 0 Å². The van der Waals surface area contributed by atoms with Gasteiger partial charge in [0.1, 0.15) is 0 Å². The summed E-state index contributed by atoms with van der Waals surface area (Å²) in [6.45, 7) is 6.58. The zero-order valence-electron chi connectivity index (χ0n) is 16.8. The number of carbonyl (C=O) groups excluding carboxylic acids is 2. The van der Waals surface area contributed by atoms with E-state index in [2.05, 4.69) is 17.3 Å². The number of aromatic nitrogens is 2. The standard InChI is InChI=1S/C22H31N3O2/c1-4-5-6-10-13-20-17(2)24-25(18(20)3)22(27)15-14-21(26)23-16-19-11-8-7-9-12-19/h7-9,11-12H,4-6,10,13-16H2,1-3H3,(H,23,26). The molecule has 0 aliphatic carbocycles. The average molecular weight is 370 g/mol. The highest BCUT2D eigenvalue weighted by atomic mass is 16.2. The summed E-state index contributed by atoms with van der Waals surface area (Å²) < 4.78 is 1.48. The molecule has 1 aromatic heterocycles. The Bertz CT molecular complexity index is 750. The minimum Gasteiger partial charge on any atom is -0.352 e. The molecule has 0 radical (unpaired) electrons. The first-order valence-electron chi connectivity index (χ1n) is 9.91. The van der Waals surface area contributed by atoms with Crippen LogP contribution in [0.3, 0.4) is 0 Å². The molecule has 1 amide bonds. The van der Waals surface area contributed by atoms with E-state index in [4.69, 9.17) is 0 Å². The first-order chi connectivity index (χ1) is 13.0. The monoisotopic (exact) mass is 369 g/mol. The van der Waals surface area contributed by atoms with Gasteiger partial charge in [-0.1, -0.05) is 56.5 Å². The van der Waals surface area contributed by atoms with Gasteiger partial charge < -0.3 is 5.32 Å². The van der Waals surface area contributed by atoms with Gasteiger partial charge in [0.2, 0.25) is 11.8 Å². The fraction of sp³-hybridized carbons (Fsp3) is 0.500. The Morgan fingerprint density at radius 1 is 1.04 bits per heavy atom. The van der Waals surface area contributed by atoms with Crippen molar-refractivity contribution in [3.8, 4) is 0 Å². The van der Waals surface area contributed by atoms with E-state index in [0.717, 1.165) is 29.8 Å². The van der Waals surface area contributed by atoms with Gasteiger partial charge >= 0.3 is 0 Å². The number of nitrogens with zero attached hydrogens (tertiary/aromatic N) is 2. The summed E-state index contributed by atoms with van der Waals surface area (Å²) in [6.07, 6.45) is 6.08. The fourth-order valence-corrected chi connectivity index (χ4v) is 3.22. The highest BCUT2D eigenvalue weighted by Gasteiger charge is 2.17. The number of hydrogen-bond acceptors (Lipinski definition) is 3. The van der Waals surface area contributed by atoms with Gasteiger partial charge in [-0.2, -0.15) is 5.10 Å². The van der Waals surface area contributed by atoms with Crippen LogP contribution in [-0.2, 0) is 17.8 Å². The number of nitrogens with one attached hydrogen (secondary N) is 1. The van der Waals surface area contributed by atoms with E-state index in [1.165, 1.54) is 29.5 Å². The molecule has 1 N–H and O–H groups in total. The third kappa shape index (κ3) is 6.35. The van der Waals surface area contributed by atoms with Crippen molar-refractivity contribution in [2.24, 2.45) is 0 Å². The molecule has 0 aliphatic heterocycles. The predicted octanol–water partition coefficient (Wildman–Crippen LogP) is 4.36. The van der Waals surface area contributed by atoms with Crippen LogP contribution in [0.4, 0.5) is 0 Å².